The second-order valence-corrected chi connectivity index (χ2v) is 24.4. The summed E-state index contributed by atoms with van der Waals surface area (Å²) in [5, 5.41) is 54.4. The second kappa shape index (κ2) is 26.9. The Morgan fingerprint density at radius 3 is 2.28 bits per heavy atom. The minimum Gasteiger partial charge on any atom is -0.465 e. The number of aromatic nitrogens is 1. The van der Waals surface area contributed by atoms with Crippen LogP contribution in [-0.2, 0) is 54.3 Å². The highest BCUT2D eigenvalue weighted by Crippen LogP contribution is 2.40. The van der Waals surface area contributed by atoms with Gasteiger partial charge in [0.05, 0.1) is 54.9 Å². The first kappa shape index (κ1) is 61.4. The van der Waals surface area contributed by atoms with Gasteiger partial charge in [-0.2, -0.15) is 0 Å². The quantitative estimate of drug-likeness (QED) is 0.0704. The van der Waals surface area contributed by atoms with Crippen molar-refractivity contribution >= 4 is 103 Å². The molecule has 0 aliphatic carbocycles. The lowest BCUT2D eigenvalue weighted by atomic mass is 9.92. The van der Waals surface area contributed by atoms with E-state index in [0.717, 1.165) is 11.8 Å². The normalized spacial score (nSPS) is 27.3. The zero-order valence-electron chi connectivity index (χ0n) is 44.2. The molecule has 1 aromatic carbocycles. The third-order valence-electron chi connectivity index (χ3n) is 13.7. The molecule has 11 atom stereocenters. The van der Waals surface area contributed by atoms with Crippen molar-refractivity contribution in [2.45, 2.75) is 138 Å². The molecule has 2 aromatic rings. The van der Waals surface area contributed by atoms with E-state index in [9.17, 15) is 53.7 Å². The van der Waals surface area contributed by atoms with Crippen molar-refractivity contribution in [3.63, 3.8) is 0 Å². The SMILES string of the molecule is CC[C@H](C)[C@@H]1NC(=O)CNC(=O)C2Cc3c4[nH]c5cc(ccc35)OC(CCSSCCNC(=O)OC(C)(C)C)(C(=O)[C@H](CC(N)=O)NC(=O)C(CS4)NC(=O)CNC1=O)N1CC(O)C[C@H]1C(=O)N[C@@H]([C@@H](C)[C@@H](O)CO)C(=O)N2. The number of thioether (sulfide) groups is 1. The number of aromatic amines is 1. The molecular weight excluding hydrogens is 1080 g/mol. The summed E-state index contributed by atoms with van der Waals surface area (Å²) >= 11 is 0.998. The summed E-state index contributed by atoms with van der Waals surface area (Å²) in [6, 6.07) is -4.77. The third-order valence-corrected chi connectivity index (χ3v) is 17.2. The maximum Gasteiger partial charge on any atom is 0.407 e. The Morgan fingerprint density at radius 1 is 0.910 bits per heavy atom. The lowest BCUT2D eigenvalue weighted by Gasteiger charge is -2.44. The van der Waals surface area contributed by atoms with Gasteiger partial charge < -0.3 is 78.0 Å². The number of fused-ring (bicyclic) bond motifs is 7. The number of ether oxygens (including phenoxy) is 2. The van der Waals surface area contributed by atoms with Crippen LogP contribution in [0.2, 0.25) is 0 Å². The molecular formula is C49H71N11O15S3. The third kappa shape index (κ3) is 15.5. The average Bonchev–Trinajstić information content (AvgIpc) is 3.94. The van der Waals surface area contributed by atoms with E-state index in [4.69, 9.17) is 15.2 Å². The Hall–Kier alpha value is -5.85. The summed E-state index contributed by atoms with van der Waals surface area (Å²) in [5.41, 5.74) is 3.40. The average molecular weight is 1150 g/mol. The van der Waals surface area contributed by atoms with Crippen LogP contribution in [0.3, 0.4) is 0 Å². The smallest absolute Gasteiger partial charge is 0.407 e. The summed E-state index contributed by atoms with van der Waals surface area (Å²) in [6.07, 6.45) is -5.10. The van der Waals surface area contributed by atoms with Gasteiger partial charge in [-0.1, -0.05) is 48.8 Å². The number of nitrogens with one attached hydrogen (secondary N) is 9. The molecule has 4 unspecified atom stereocenters. The van der Waals surface area contributed by atoms with Crippen LogP contribution in [0.4, 0.5) is 4.79 Å². The molecule has 1 fully saturated rings. The number of hydrogen-bond donors (Lipinski definition) is 13. The van der Waals surface area contributed by atoms with E-state index in [1.807, 2.05) is 0 Å². The molecule has 6 heterocycles. The Kier molecular flexibility index (Phi) is 21.1. The van der Waals surface area contributed by atoms with Crippen LogP contribution in [0, 0.1) is 11.8 Å². The van der Waals surface area contributed by atoms with Gasteiger partial charge in [0.25, 0.3) is 0 Å². The first-order valence-corrected chi connectivity index (χ1v) is 29.1. The molecule has 5 aliphatic rings. The molecule has 26 nitrogen and oxygen atoms in total. The van der Waals surface area contributed by atoms with Crippen molar-refractivity contribution in [2.24, 2.45) is 17.6 Å². The fraction of sp³-hybridized carbons (Fsp3) is 0.633. The fourth-order valence-electron chi connectivity index (χ4n) is 9.42. The number of amides is 9. The van der Waals surface area contributed by atoms with Crippen molar-refractivity contribution in [2.75, 3.05) is 50.0 Å². The van der Waals surface area contributed by atoms with E-state index in [-0.39, 0.29) is 43.1 Å². The maximum absolute atomic E-state index is 16.0. The Balaban J connectivity index is 1.57. The lowest BCUT2D eigenvalue weighted by molar-refractivity contribution is -0.165. The zero-order chi connectivity index (χ0) is 57.2. The summed E-state index contributed by atoms with van der Waals surface area (Å²) in [6.45, 7) is 7.49. The molecule has 5 aliphatic heterocycles. The minimum atomic E-state index is -2.40. The number of H-pyrrole nitrogens is 1. The predicted octanol–water partition coefficient (Wildman–Crippen LogP) is -2.21. The van der Waals surface area contributed by atoms with Crippen molar-refractivity contribution in [1.82, 2.24) is 52.4 Å². The topological polar surface area (TPSA) is 391 Å². The Labute approximate surface area is 462 Å². The van der Waals surface area contributed by atoms with Gasteiger partial charge in [-0.3, -0.25) is 43.2 Å². The largest absolute Gasteiger partial charge is 0.465 e. The number of aliphatic hydroxyl groups excluding tert-OH is 3. The molecule has 14 N–H and O–H groups in total. The summed E-state index contributed by atoms with van der Waals surface area (Å²) < 4.78 is 12.3. The number of aliphatic hydroxyl groups is 3. The summed E-state index contributed by atoms with van der Waals surface area (Å²) in [5.74, 6) is -10.0. The molecule has 1 saturated heterocycles. The molecule has 78 heavy (non-hydrogen) atoms. The van der Waals surface area contributed by atoms with Crippen molar-refractivity contribution in [3.05, 3.63) is 23.8 Å². The Bertz CT molecular complexity index is 2600. The molecule has 430 valence electrons. The number of alkyl carbamates (subject to hydrolysis) is 1. The van der Waals surface area contributed by atoms with E-state index < -0.39 is 163 Å². The fourth-order valence-corrected chi connectivity index (χ4v) is 12.5. The number of nitrogens with two attached hydrogens (primary N) is 1. The van der Waals surface area contributed by atoms with Crippen LogP contribution >= 0.6 is 33.3 Å². The predicted molar refractivity (Wildman–Crippen MR) is 287 cm³/mol. The first-order chi connectivity index (χ1) is 36.8. The van der Waals surface area contributed by atoms with Gasteiger partial charge in [-0.05, 0) is 50.8 Å². The summed E-state index contributed by atoms with van der Waals surface area (Å²) in [4.78, 5) is 146. The zero-order valence-corrected chi connectivity index (χ0v) is 46.6. The van der Waals surface area contributed by atoms with Gasteiger partial charge in [-0.25, -0.2) is 9.69 Å². The van der Waals surface area contributed by atoms with Crippen molar-refractivity contribution in [1.29, 1.82) is 0 Å². The number of carbonyl (C=O) groups is 10. The molecule has 29 heteroatoms. The van der Waals surface area contributed by atoms with Gasteiger partial charge in [-0.15, -0.1) is 11.8 Å². The monoisotopic (exact) mass is 1150 g/mol. The molecule has 0 radical (unpaired) electrons. The second-order valence-electron chi connectivity index (χ2n) is 20.7. The standard InChI is InChI=1S/C49H71N11O15S3/c1-7-23(2)38-44(71)53-18-36(65)54-32-22-76-46-28-16-31(41(68)52-19-37(66)58-38)56-45(72)39(24(3)34(63)21-61)59-43(70)33-14-25(62)20-60(33)49(40(67)30(17-35(50)64)55-42(32)69,74-26-8-9-27(28)29(15-26)57-46)10-12-77-78-13-11-51-47(73)75-48(4,5)6/h8-9,15,23-25,30-34,38-39,57,61-63H,7,10-14,16-22H2,1-6H3,(H2,50,64)(H,51,73)(H,52,68)(H,53,71)(H,54,65)(H,55,69)(H,56,72)(H,58,66)(H,59,70)/t23-,24-,25?,30-,31?,32?,33-,34-,38-,39-,49?/m0/s1. The van der Waals surface area contributed by atoms with E-state index in [1.54, 1.807) is 46.8 Å². The van der Waals surface area contributed by atoms with Crippen LogP contribution in [-0.4, -0.2) is 194 Å². The molecule has 8 bridgehead atoms. The number of benzene rings is 1. The number of primary amides is 1. The van der Waals surface area contributed by atoms with Gasteiger partial charge in [0.2, 0.25) is 58.8 Å². The van der Waals surface area contributed by atoms with E-state index in [2.05, 4.69) is 47.5 Å². The van der Waals surface area contributed by atoms with Crippen LogP contribution in [0.1, 0.15) is 72.8 Å². The molecule has 9 amide bonds. The van der Waals surface area contributed by atoms with Gasteiger partial charge in [0.1, 0.15) is 41.6 Å². The molecule has 0 spiro atoms. The maximum atomic E-state index is 16.0. The van der Waals surface area contributed by atoms with Crippen LogP contribution in [0.5, 0.6) is 5.75 Å². The molecule has 7 rings (SSSR count). The number of carbonyl (C=O) groups excluding carboxylic acids is 10. The van der Waals surface area contributed by atoms with Gasteiger partial charge in [0.15, 0.2) is 0 Å². The van der Waals surface area contributed by atoms with Crippen molar-refractivity contribution in [3.8, 4) is 5.75 Å². The van der Waals surface area contributed by atoms with Crippen LogP contribution in [0.25, 0.3) is 10.9 Å². The Morgan fingerprint density at radius 2 is 1.60 bits per heavy atom. The van der Waals surface area contributed by atoms with E-state index in [1.165, 1.54) is 39.5 Å². The highest BCUT2D eigenvalue weighted by molar-refractivity contribution is 8.76. The number of Topliss-reactive ketones (excluding diaryl/α,β-unsaturated/α-hetero) is 1. The van der Waals surface area contributed by atoms with Crippen LogP contribution < -0.4 is 53.0 Å². The number of rotatable bonds is 14. The lowest BCUT2D eigenvalue weighted by Crippen LogP contribution is -2.68. The van der Waals surface area contributed by atoms with Gasteiger partial charge in [0, 0.05) is 60.6 Å². The number of hydrogen-bond acceptors (Lipinski definition) is 19. The van der Waals surface area contributed by atoms with Crippen LogP contribution in [0.15, 0.2) is 23.2 Å². The first-order valence-electron chi connectivity index (χ1n) is 25.6. The highest BCUT2D eigenvalue weighted by atomic mass is 33.1. The molecule has 0 saturated carbocycles. The van der Waals surface area contributed by atoms with E-state index >= 15 is 9.59 Å². The number of nitrogens with zero attached hydrogens (tertiary/aromatic N) is 1. The highest BCUT2D eigenvalue weighted by Gasteiger charge is 2.57. The number of ketones is 1. The minimum absolute atomic E-state index is 0.0212. The van der Waals surface area contributed by atoms with Gasteiger partial charge >= 0.3 is 6.09 Å². The van der Waals surface area contributed by atoms with E-state index in [0.29, 0.717) is 33.7 Å². The summed E-state index contributed by atoms with van der Waals surface area (Å²) in [7, 11) is 2.54. The van der Waals surface area contributed by atoms with Crippen molar-refractivity contribution < 1.29 is 72.7 Å². The molecule has 1 aromatic heterocycles.